The lowest BCUT2D eigenvalue weighted by Gasteiger charge is -2.10. The Morgan fingerprint density at radius 3 is 2.53 bits per heavy atom. The van der Waals surface area contributed by atoms with Crippen molar-refractivity contribution < 1.29 is 9.53 Å². The number of hydrogen-bond acceptors (Lipinski definition) is 4. The van der Waals surface area contributed by atoms with Crippen molar-refractivity contribution in [3.05, 3.63) is 35.4 Å². The highest BCUT2D eigenvalue weighted by Gasteiger charge is 1.99. The molecule has 0 saturated heterocycles. The van der Waals surface area contributed by atoms with E-state index in [1.807, 2.05) is 26.2 Å². The molecule has 5 nitrogen and oxygen atoms in total. The lowest BCUT2D eigenvalue weighted by molar-refractivity contribution is 0.100. The summed E-state index contributed by atoms with van der Waals surface area (Å²) in [5.74, 6) is -0.395. The Balaban J connectivity index is 2.11. The lowest BCUT2D eigenvalue weighted by atomic mass is 10.1. The average molecular weight is 265 g/mol. The molecule has 19 heavy (non-hydrogen) atoms. The van der Waals surface area contributed by atoms with Crippen LogP contribution in [0.15, 0.2) is 24.3 Å². The van der Waals surface area contributed by atoms with Crippen molar-refractivity contribution in [3.63, 3.8) is 0 Å². The Bertz CT molecular complexity index is 377. The van der Waals surface area contributed by atoms with E-state index < -0.39 is 5.91 Å². The summed E-state index contributed by atoms with van der Waals surface area (Å²) in [6, 6.07) is 7.29. The van der Waals surface area contributed by atoms with Crippen LogP contribution >= 0.6 is 0 Å². The van der Waals surface area contributed by atoms with E-state index in [0.29, 0.717) is 12.2 Å². The number of carbonyl (C=O) groups is 1. The van der Waals surface area contributed by atoms with Gasteiger partial charge in [-0.25, -0.2) is 0 Å². The molecule has 0 aliphatic carbocycles. The largest absolute Gasteiger partial charge is 0.379 e. The quantitative estimate of drug-likeness (QED) is 0.636. The van der Waals surface area contributed by atoms with Crippen LogP contribution in [0.1, 0.15) is 15.9 Å². The molecule has 1 aromatic rings. The van der Waals surface area contributed by atoms with Crippen molar-refractivity contribution in [2.45, 2.75) is 6.54 Å². The predicted octanol–water partition coefficient (Wildman–Crippen LogP) is 0.453. The summed E-state index contributed by atoms with van der Waals surface area (Å²) in [6.07, 6.45) is 0. The minimum absolute atomic E-state index is 0.395. The zero-order valence-corrected chi connectivity index (χ0v) is 11.7. The van der Waals surface area contributed by atoms with Gasteiger partial charge in [-0.15, -0.1) is 0 Å². The Kier molecular flexibility index (Phi) is 7.10. The van der Waals surface area contributed by atoms with Crippen LogP contribution in [-0.2, 0) is 11.3 Å². The number of hydrogen-bond donors (Lipinski definition) is 2. The number of ether oxygens (including phenoxy) is 1. The second-order valence-electron chi connectivity index (χ2n) is 4.65. The topological polar surface area (TPSA) is 67.6 Å². The number of likely N-dealkylation sites (N-methyl/N-ethyl adjacent to an activating group) is 1. The van der Waals surface area contributed by atoms with E-state index in [1.54, 1.807) is 12.1 Å². The summed E-state index contributed by atoms with van der Waals surface area (Å²) >= 11 is 0. The number of nitrogens with two attached hydrogens (primary N) is 1. The van der Waals surface area contributed by atoms with Crippen molar-refractivity contribution in [2.75, 3.05) is 40.4 Å². The highest BCUT2D eigenvalue weighted by atomic mass is 16.5. The number of carbonyl (C=O) groups excluding carboxylic acids is 1. The molecule has 0 spiro atoms. The van der Waals surface area contributed by atoms with Crippen molar-refractivity contribution in [1.29, 1.82) is 0 Å². The Morgan fingerprint density at radius 2 is 1.95 bits per heavy atom. The van der Waals surface area contributed by atoms with Gasteiger partial charge in [-0.05, 0) is 31.8 Å². The molecule has 1 rings (SSSR count). The van der Waals surface area contributed by atoms with Crippen molar-refractivity contribution in [2.24, 2.45) is 5.73 Å². The molecule has 0 saturated carbocycles. The van der Waals surface area contributed by atoms with Gasteiger partial charge in [0.2, 0.25) is 5.91 Å². The van der Waals surface area contributed by atoms with Gasteiger partial charge >= 0.3 is 0 Å². The number of rotatable bonds is 9. The van der Waals surface area contributed by atoms with Gasteiger partial charge in [0, 0.05) is 25.2 Å². The Labute approximate surface area is 114 Å². The molecule has 0 aliphatic rings. The van der Waals surface area contributed by atoms with E-state index in [4.69, 9.17) is 10.5 Å². The standard InChI is InChI=1S/C14H23N3O2/c1-17(2)8-10-19-9-7-16-11-12-3-5-13(6-4-12)14(15)18/h3-6,16H,7-11H2,1-2H3,(H2,15,18). The van der Waals surface area contributed by atoms with Crippen LogP contribution in [0.4, 0.5) is 0 Å². The minimum atomic E-state index is -0.395. The fourth-order valence-electron chi connectivity index (χ4n) is 1.51. The normalized spacial score (nSPS) is 10.9. The second kappa shape index (κ2) is 8.63. The van der Waals surface area contributed by atoms with Crippen LogP contribution in [-0.4, -0.2) is 51.2 Å². The zero-order valence-electron chi connectivity index (χ0n) is 11.7. The molecule has 3 N–H and O–H groups in total. The van der Waals surface area contributed by atoms with Crippen molar-refractivity contribution in [1.82, 2.24) is 10.2 Å². The van der Waals surface area contributed by atoms with Gasteiger partial charge in [-0.1, -0.05) is 12.1 Å². The number of benzene rings is 1. The van der Waals surface area contributed by atoms with Crippen molar-refractivity contribution in [3.8, 4) is 0 Å². The molecule has 0 aliphatic heterocycles. The summed E-state index contributed by atoms with van der Waals surface area (Å²) in [4.78, 5) is 13.0. The number of primary amides is 1. The third-order valence-corrected chi connectivity index (χ3v) is 2.67. The molecule has 0 atom stereocenters. The summed E-state index contributed by atoms with van der Waals surface area (Å²) in [5.41, 5.74) is 6.84. The van der Waals surface area contributed by atoms with E-state index in [1.165, 1.54) is 0 Å². The van der Waals surface area contributed by atoms with Crippen molar-refractivity contribution >= 4 is 5.91 Å². The van der Waals surface area contributed by atoms with E-state index in [2.05, 4.69) is 10.2 Å². The van der Waals surface area contributed by atoms with E-state index in [-0.39, 0.29) is 0 Å². The molecule has 0 heterocycles. The van der Waals surface area contributed by atoms with Crippen LogP contribution < -0.4 is 11.1 Å². The monoisotopic (exact) mass is 265 g/mol. The second-order valence-corrected chi connectivity index (χ2v) is 4.65. The van der Waals surface area contributed by atoms with Gasteiger partial charge in [0.15, 0.2) is 0 Å². The van der Waals surface area contributed by atoms with E-state index in [9.17, 15) is 4.79 Å². The van der Waals surface area contributed by atoms with Gasteiger partial charge in [0.05, 0.1) is 13.2 Å². The average Bonchev–Trinajstić information content (AvgIpc) is 2.38. The van der Waals surface area contributed by atoms with Gasteiger partial charge < -0.3 is 20.7 Å². The Hall–Kier alpha value is -1.43. The predicted molar refractivity (Wildman–Crippen MR) is 76.0 cm³/mol. The highest BCUT2D eigenvalue weighted by Crippen LogP contribution is 2.03. The van der Waals surface area contributed by atoms with Gasteiger partial charge in [-0.3, -0.25) is 4.79 Å². The molecular formula is C14H23N3O2. The number of amides is 1. The Morgan fingerprint density at radius 1 is 1.26 bits per heavy atom. The number of nitrogens with one attached hydrogen (secondary N) is 1. The third-order valence-electron chi connectivity index (χ3n) is 2.67. The van der Waals surface area contributed by atoms with Crippen LogP contribution in [0.3, 0.4) is 0 Å². The first-order chi connectivity index (χ1) is 9.09. The molecule has 106 valence electrons. The fourth-order valence-corrected chi connectivity index (χ4v) is 1.51. The molecule has 0 radical (unpaired) electrons. The van der Waals surface area contributed by atoms with E-state index in [0.717, 1.165) is 31.8 Å². The summed E-state index contributed by atoms with van der Waals surface area (Å²) in [5, 5.41) is 3.28. The lowest BCUT2D eigenvalue weighted by Crippen LogP contribution is -2.23. The molecule has 0 unspecified atom stereocenters. The van der Waals surface area contributed by atoms with Crippen LogP contribution in [0.2, 0.25) is 0 Å². The molecule has 5 heteroatoms. The third kappa shape index (κ3) is 6.91. The smallest absolute Gasteiger partial charge is 0.248 e. The maximum Gasteiger partial charge on any atom is 0.248 e. The SMILES string of the molecule is CN(C)CCOCCNCc1ccc(C(N)=O)cc1. The molecule has 0 fully saturated rings. The van der Waals surface area contributed by atoms with E-state index >= 15 is 0 Å². The fraction of sp³-hybridized carbons (Fsp3) is 0.500. The number of nitrogens with zero attached hydrogens (tertiary/aromatic N) is 1. The first-order valence-corrected chi connectivity index (χ1v) is 6.41. The van der Waals surface area contributed by atoms with Gasteiger partial charge in [-0.2, -0.15) is 0 Å². The van der Waals surface area contributed by atoms with Crippen LogP contribution in [0, 0.1) is 0 Å². The minimum Gasteiger partial charge on any atom is -0.379 e. The summed E-state index contributed by atoms with van der Waals surface area (Å²) < 4.78 is 5.47. The molecule has 1 aromatic carbocycles. The van der Waals surface area contributed by atoms with Gasteiger partial charge in [0.1, 0.15) is 0 Å². The maximum atomic E-state index is 10.9. The highest BCUT2D eigenvalue weighted by molar-refractivity contribution is 5.92. The summed E-state index contributed by atoms with van der Waals surface area (Å²) in [6.45, 7) is 3.96. The molecule has 1 amide bonds. The summed E-state index contributed by atoms with van der Waals surface area (Å²) in [7, 11) is 4.05. The van der Waals surface area contributed by atoms with Crippen LogP contribution in [0.5, 0.6) is 0 Å². The molecule has 0 bridgehead atoms. The first-order valence-electron chi connectivity index (χ1n) is 6.41. The molecule has 0 aromatic heterocycles. The first kappa shape index (κ1) is 15.6. The maximum absolute atomic E-state index is 10.9. The zero-order chi connectivity index (χ0) is 14.1. The van der Waals surface area contributed by atoms with Crippen LogP contribution in [0.25, 0.3) is 0 Å². The van der Waals surface area contributed by atoms with Gasteiger partial charge in [0.25, 0.3) is 0 Å². The molecular weight excluding hydrogens is 242 g/mol.